The summed E-state index contributed by atoms with van der Waals surface area (Å²) in [7, 11) is 1.63. The van der Waals surface area contributed by atoms with Crippen molar-refractivity contribution in [3.63, 3.8) is 0 Å². The van der Waals surface area contributed by atoms with Crippen molar-refractivity contribution in [3.8, 4) is 11.5 Å². The minimum absolute atomic E-state index is 0.119. The number of aromatic hydroxyl groups is 1. The Hall–Kier alpha value is -3.32. The molecule has 0 spiro atoms. The number of allylic oxidation sites excluding steroid dienone is 1. The molecular weight excluding hydrogens is 515 g/mol. The number of phenolic OH excluding ortho intramolecular Hbond substituents is 1. The molecule has 0 amide bonds. The van der Waals surface area contributed by atoms with Gasteiger partial charge in [0.25, 0.3) is 5.56 Å². The Balaban J connectivity index is 1.62. The number of hydrogen-bond acceptors (Lipinski definition) is 5. The fourth-order valence-corrected chi connectivity index (χ4v) is 6.45. The highest BCUT2D eigenvalue weighted by atomic mass is 35.5. The van der Waals surface area contributed by atoms with Gasteiger partial charge in [0.15, 0.2) is 4.80 Å². The van der Waals surface area contributed by atoms with Crippen molar-refractivity contribution in [1.82, 2.24) is 4.57 Å². The molecule has 8 heteroatoms. The summed E-state index contributed by atoms with van der Waals surface area (Å²) in [4.78, 5) is 19.4. The van der Waals surface area contributed by atoms with Crippen LogP contribution in [0.4, 0.5) is 0 Å². The van der Waals surface area contributed by atoms with Crippen LogP contribution in [0.1, 0.15) is 34.7 Å². The summed E-state index contributed by atoms with van der Waals surface area (Å²) in [5, 5.41) is 11.0. The first-order valence-electron chi connectivity index (χ1n) is 11.4. The number of hydrogen-bond donors (Lipinski definition) is 1. The van der Waals surface area contributed by atoms with Crippen LogP contribution >= 0.6 is 34.5 Å². The van der Waals surface area contributed by atoms with Gasteiger partial charge in [0.1, 0.15) is 11.5 Å². The molecule has 0 saturated heterocycles. The van der Waals surface area contributed by atoms with E-state index in [0.29, 0.717) is 19.9 Å². The normalized spacial score (nSPS) is 16.8. The molecular formula is C28H20Cl2N2O3S. The Kier molecular flexibility index (Phi) is 5.75. The predicted molar refractivity (Wildman–Crippen MR) is 144 cm³/mol. The van der Waals surface area contributed by atoms with Gasteiger partial charge in [-0.15, -0.1) is 0 Å². The number of ether oxygens (including phenoxy) is 1. The number of aryl methyl sites for hydroxylation is 1. The van der Waals surface area contributed by atoms with Gasteiger partial charge in [0.2, 0.25) is 0 Å². The van der Waals surface area contributed by atoms with Crippen LogP contribution < -0.4 is 19.6 Å². The van der Waals surface area contributed by atoms with Crippen LogP contribution in [0.3, 0.4) is 0 Å². The van der Waals surface area contributed by atoms with Crippen molar-refractivity contribution in [2.24, 2.45) is 4.99 Å². The van der Waals surface area contributed by atoms with E-state index in [1.807, 2.05) is 36.4 Å². The van der Waals surface area contributed by atoms with Gasteiger partial charge in [-0.2, -0.15) is 0 Å². The third kappa shape index (κ3) is 3.77. The van der Waals surface area contributed by atoms with E-state index in [0.717, 1.165) is 41.0 Å². The second kappa shape index (κ2) is 8.96. The number of benzene rings is 3. The summed E-state index contributed by atoms with van der Waals surface area (Å²) < 4.78 is 7.55. The lowest BCUT2D eigenvalue weighted by molar-refractivity contribution is 0.414. The van der Waals surface area contributed by atoms with Crippen molar-refractivity contribution in [1.29, 1.82) is 0 Å². The molecule has 1 aliphatic heterocycles. The molecule has 1 aromatic heterocycles. The topological polar surface area (TPSA) is 63.8 Å². The zero-order valence-corrected chi connectivity index (χ0v) is 21.5. The molecule has 1 atom stereocenters. The van der Waals surface area contributed by atoms with Crippen LogP contribution in [0.25, 0.3) is 11.8 Å². The van der Waals surface area contributed by atoms with E-state index in [1.165, 1.54) is 23.0 Å². The SMILES string of the molecule is COc1ccc([C@H]2C3=C(N=c4s/c(=C\c5cc(Cl)cc(Cl)c5O)c(=O)n42)c2ccccc2CC3)cc1. The van der Waals surface area contributed by atoms with E-state index >= 15 is 0 Å². The van der Waals surface area contributed by atoms with E-state index < -0.39 is 0 Å². The highest BCUT2D eigenvalue weighted by Gasteiger charge is 2.32. The third-order valence-corrected chi connectivity index (χ3v) is 8.14. The maximum atomic E-state index is 13.8. The standard InChI is InChI=1S/C28H20Cl2N2O3S/c1-35-19-9-6-16(7-10-19)25-21-11-8-15-4-2-3-5-20(15)24(21)31-28-32(25)27(34)23(36-28)13-17-12-18(29)14-22(30)26(17)33/h2-7,9-10,12-14,25,33H,8,11H2,1H3/b23-13-/t25-/m0/s1. The van der Waals surface area contributed by atoms with Gasteiger partial charge >= 0.3 is 0 Å². The highest BCUT2D eigenvalue weighted by molar-refractivity contribution is 7.07. The minimum Gasteiger partial charge on any atom is -0.506 e. The van der Waals surface area contributed by atoms with Gasteiger partial charge in [-0.05, 0) is 59.9 Å². The summed E-state index contributed by atoms with van der Waals surface area (Å²) in [6.45, 7) is 0. The van der Waals surface area contributed by atoms with Crippen LogP contribution in [0.15, 0.2) is 76.0 Å². The summed E-state index contributed by atoms with van der Waals surface area (Å²) in [5.74, 6) is 0.634. The number of fused-ring (bicyclic) bond motifs is 3. The number of nitrogens with zero attached hydrogens (tertiary/aromatic N) is 2. The second-order valence-corrected chi connectivity index (χ2v) is 10.6. The summed E-state index contributed by atoms with van der Waals surface area (Å²) in [5.41, 5.74) is 5.60. The zero-order chi connectivity index (χ0) is 25.0. The van der Waals surface area contributed by atoms with Crippen molar-refractivity contribution in [2.45, 2.75) is 18.9 Å². The summed E-state index contributed by atoms with van der Waals surface area (Å²) in [6, 6.07) is 18.9. The van der Waals surface area contributed by atoms with Gasteiger partial charge in [0.05, 0.1) is 28.4 Å². The monoisotopic (exact) mass is 534 g/mol. The van der Waals surface area contributed by atoms with Gasteiger partial charge in [-0.25, -0.2) is 4.99 Å². The van der Waals surface area contributed by atoms with Crippen LogP contribution in [0.5, 0.6) is 11.5 Å². The van der Waals surface area contributed by atoms with E-state index in [-0.39, 0.29) is 22.4 Å². The Morgan fingerprint density at radius 2 is 1.89 bits per heavy atom. The largest absolute Gasteiger partial charge is 0.506 e. The average Bonchev–Trinajstić information content (AvgIpc) is 3.20. The number of aromatic nitrogens is 1. The summed E-state index contributed by atoms with van der Waals surface area (Å²) in [6.07, 6.45) is 3.32. The molecule has 2 aliphatic rings. The van der Waals surface area contributed by atoms with Gasteiger partial charge in [0, 0.05) is 16.1 Å². The predicted octanol–water partition coefficient (Wildman–Crippen LogP) is 5.34. The Bertz CT molecular complexity index is 1740. The molecule has 5 nitrogen and oxygen atoms in total. The van der Waals surface area contributed by atoms with Crippen LogP contribution in [-0.2, 0) is 6.42 Å². The molecule has 0 saturated carbocycles. The molecule has 2 heterocycles. The van der Waals surface area contributed by atoms with Crippen molar-refractivity contribution in [2.75, 3.05) is 7.11 Å². The maximum absolute atomic E-state index is 13.8. The summed E-state index contributed by atoms with van der Waals surface area (Å²) >= 11 is 13.6. The first-order chi connectivity index (χ1) is 17.4. The molecule has 1 aliphatic carbocycles. The van der Waals surface area contributed by atoms with Gasteiger partial charge in [-0.1, -0.05) is 70.9 Å². The first-order valence-corrected chi connectivity index (χ1v) is 13.0. The molecule has 6 rings (SSSR count). The minimum atomic E-state index is -0.297. The maximum Gasteiger partial charge on any atom is 0.271 e. The third-order valence-electron chi connectivity index (χ3n) is 6.65. The number of thiazole rings is 1. The Labute approximate surface area is 220 Å². The molecule has 3 aromatic carbocycles. The molecule has 0 unspecified atom stereocenters. The average molecular weight is 535 g/mol. The Morgan fingerprint density at radius 1 is 1.11 bits per heavy atom. The fourth-order valence-electron chi connectivity index (χ4n) is 4.95. The smallest absolute Gasteiger partial charge is 0.271 e. The number of methoxy groups -OCH3 is 1. The quantitative estimate of drug-likeness (QED) is 0.385. The van der Waals surface area contributed by atoms with E-state index in [9.17, 15) is 9.90 Å². The number of rotatable bonds is 3. The molecule has 0 radical (unpaired) electrons. The van der Waals surface area contributed by atoms with Crippen LogP contribution in [0.2, 0.25) is 10.0 Å². The molecule has 1 N–H and O–H groups in total. The molecule has 0 fully saturated rings. The van der Waals surface area contributed by atoms with Gasteiger partial charge in [-0.3, -0.25) is 9.36 Å². The van der Waals surface area contributed by atoms with E-state index in [4.69, 9.17) is 32.9 Å². The first kappa shape index (κ1) is 23.1. The molecule has 36 heavy (non-hydrogen) atoms. The lowest BCUT2D eigenvalue weighted by Crippen LogP contribution is -2.38. The highest BCUT2D eigenvalue weighted by Crippen LogP contribution is 2.41. The van der Waals surface area contributed by atoms with E-state index in [2.05, 4.69) is 12.1 Å². The van der Waals surface area contributed by atoms with Crippen molar-refractivity contribution in [3.05, 3.63) is 118 Å². The van der Waals surface area contributed by atoms with Gasteiger partial charge < -0.3 is 9.84 Å². The molecule has 0 bridgehead atoms. The number of halogens is 2. The Morgan fingerprint density at radius 3 is 2.67 bits per heavy atom. The lowest BCUT2D eigenvalue weighted by Gasteiger charge is -2.30. The lowest BCUT2D eigenvalue weighted by atomic mass is 9.83. The van der Waals surface area contributed by atoms with Crippen LogP contribution in [0, 0.1) is 0 Å². The number of phenols is 1. The zero-order valence-electron chi connectivity index (χ0n) is 19.2. The second-order valence-electron chi connectivity index (χ2n) is 8.71. The fraction of sp³-hybridized carbons (Fsp3) is 0.143. The molecule has 180 valence electrons. The van der Waals surface area contributed by atoms with E-state index in [1.54, 1.807) is 23.8 Å². The van der Waals surface area contributed by atoms with Crippen molar-refractivity contribution >= 4 is 46.3 Å². The molecule has 4 aromatic rings. The van der Waals surface area contributed by atoms with Crippen molar-refractivity contribution < 1.29 is 9.84 Å². The van der Waals surface area contributed by atoms with Crippen LogP contribution in [-0.4, -0.2) is 16.8 Å².